The number of ether oxygens (including phenoxy) is 1. The summed E-state index contributed by atoms with van der Waals surface area (Å²) in [7, 11) is 0. The van der Waals surface area contributed by atoms with Crippen LogP contribution in [0.15, 0.2) is 29.6 Å². The summed E-state index contributed by atoms with van der Waals surface area (Å²) in [5.41, 5.74) is 1.64. The molecular formula is C20H27Cl2N3O2S. The summed E-state index contributed by atoms with van der Waals surface area (Å²) in [6.45, 7) is 6.33. The summed E-state index contributed by atoms with van der Waals surface area (Å²) < 4.78 is 5.83. The molecule has 1 N–H and O–H groups in total. The van der Waals surface area contributed by atoms with Crippen molar-refractivity contribution >= 4 is 42.1 Å². The molecule has 2 atom stereocenters. The van der Waals surface area contributed by atoms with Gasteiger partial charge in [-0.05, 0) is 62.9 Å². The number of carbonyl (C=O) groups is 1. The lowest BCUT2D eigenvalue weighted by Crippen LogP contribution is -2.32. The fourth-order valence-electron chi connectivity index (χ4n) is 3.95. The minimum absolute atomic E-state index is 0. The van der Waals surface area contributed by atoms with Gasteiger partial charge in [-0.3, -0.25) is 4.79 Å². The molecule has 1 aromatic carbocycles. The van der Waals surface area contributed by atoms with Crippen LogP contribution in [-0.2, 0) is 6.61 Å². The number of amides is 1. The number of carbonyl (C=O) groups excluding carboxylic acids is 1. The van der Waals surface area contributed by atoms with E-state index in [-0.39, 0.29) is 30.7 Å². The summed E-state index contributed by atoms with van der Waals surface area (Å²) in [6.07, 6.45) is 2.20. The number of aryl methyl sites for hydroxylation is 1. The summed E-state index contributed by atoms with van der Waals surface area (Å²) in [5, 5.41) is 6.52. The lowest BCUT2D eigenvalue weighted by Gasteiger charge is -2.21. The summed E-state index contributed by atoms with van der Waals surface area (Å²) in [4.78, 5) is 19.4. The third kappa shape index (κ3) is 5.38. The van der Waals surface area contributed by atoms with E-state index < -0.39 is 0 Å². The first kappa shape index (κ1) is 22.9. The van der Waals surface area contributed by atoms with Gasteiger partial charge in [-0.2, -0.15) is 0 Å². The van der Waals surface area contributed by atoms with Gasteiger partial charge in [0.25, 0.3) is 5.91 Å². The molecule has 0 spiro atoms. The van der Waals surface area contributed by atoms with Gasteiger partial charge in [0.1, 0.15) is 12.4 Å². The summed E-state index contributed by atoms with van der Waals surface area (Å²) in [5.74, 6) is 2.29. The zero-order chi connectivity index (χ0) is 17.9. The average Bonchev–Trinajstić information content (AvgIpc) is 3.24. The predicted molar refractivity (Wildman–Crippen MR) is 117 cm³/mol. The second-order valence-corrected chi connectivity index (χ2v) is 8.28. The zero-order valence-electron chi connectivity index (χ0n) is 15.9. The molecule has 2 aromatic rings. The SMILES string of the molecule is Cc1nc(COc2cccc(C(=O)N3CC[C@@H]4CNC[C@@H]4CC3)c2)cs1.Cl.Cl. The van der Waals surface area contributed by atoms with Crippen molar-refractivity contribution in [1.29, 1.82) is 0 Å². The highest BCUT2D eigenvalue weighted by molar-refractivity contribution is 7.09. The first-order chi connectivity index (χ1) is 12.7. The Balaban J connectivity index is 0.00000140. The van der Waals surface area contributed by atoms with E-state index in [4.69, 9.17) is 4.74 Å². The molecule has 2 saturated heterocycles. The molecule has 1 amide bonds. The van der Waals surface area contributed by atoms with E-state index in [1.165, 1.54) is 0 Å². The molecule has 2 fully saturated rings. The number of nitrogens with zero attached hydrogens (tertiary/aromatic N) is 2. The standard InChI is InChI=1S/C20H25N3O2S.2ClH/c1-14-22-18(13-26-14)12-25-19-4-2-3-15(9-19)20(24)23-7-5-16-10-21-11-17(16)6-8-23;;/h2-4,9,13,16-17,21H,5-8,10-12H2,1H3;2*1H/t16-,17+;;. The normalized spacial score (nSPS) is 21.1. The molecule has 2 aliphatic rings. The highest BCUT2D eigenvalue weighted by atomic mass is 35.5. The van der Waals surface area contributed by atoms with Crippen molar-refractivity contribution in [3.63, 3.8) is 0 Å². The Morgan fingerprint density at radius 2 is 1.96 bits per heavy atom. The molecule has 3 heterocycles. The van der Waals surface area contributed by atoms with E-state index in [1.807, 2.05) is 41.5 Å². The van der Waals surface area contributed by atoms with E-state index in [2.05, 4.69) is 10.3 Å². The average molecular weight is 444 g/mol. The van der Waals surface area contributed by atoms with Gasteiger partial charge >= 0.3 is 0 Å². The van der Waals surface area contributed by atoms with Crippen LogP contribution in [0.1, 0.15) is 33.9 Å². The Labute approximate surface area is 182 Å². The van der Waals surface area contributed by atoms with E-state index in [0.29, 0.717) is 12.2 Å². The van der Waals surface area contributed by atoms with Gasteiger partial charge in [0, 0.05) is 24.0 Å². The number of halogens is 2. The maximum Gasteiger partial charge on any atom is 0.253 e. The molecule has 0 unspecified atom stereocenters. The number of aromatic nitrogens is 1. The quantitative estimate of drug-likeness (QED) is 0.776. The number of fused-ring (bicyclic) bond motifs is 1. The molecule has 0 aliphatic carbocycles. The first-order valence-corrected chi connectivity index (χ1v) is 10.2. The van der Waals surface area contributed by atoms with E-state index in [1.54, 1.807) is 11.3 Å². The van der Waals surface area contributed by atoms with Crippen molar-refractivity contribution in [2.75, 3.05) is 26.2 Å². The number of nitrogens with one attached hydrogen (secondary N) is 1. The molecule has 0 bridgehead atoms. The van der Waals surface area contributed by atoms with Crippen LogP contribution < -0.4 is 10.1 Å². The van der Waals surface area contributed by atoms with Crippen LogP contribution in [-0.4, -0.2) is 42.0 Å². The maximum absolute atomic E-state index is 12.9. The molecule has 2 aliphatic heterocycles. The topological polar surface area (TPSA) is 54.5 Å². The van der Waals surface area contributed by atoms with Crippen LogP contribution in [0.25, 0.3) is 0 Å². The molecule has 4 rings (SSSR count). The van der Waals surface area contributed by atoms with Gasteiger partial charge in [0.05, 0.1) is 10.7 Å². The third-order valence-corrected chi connectivity index (χ3v) is 6.26. The van der Waals surface area contributed by atoms with Gasteiger partial charge in [-0.1, -0.05) is 6.07 Å². The Kier molecular flexibility index (Phi) is 8.56. The second kappa shape index (κ2) is 10.4. The summed E-state index contributed by atoms with van der Waals surface area (Å²) >= 11 is 1.62. The zero-order valence-corrected chi connectivity index (χ0v) is 18.4. The van der Waals surface area contributed by atoms with Crippen molar-refractivity contribution in [2.24, 2.45) is 11.8 Å². The molecule has 28 heavy (non-hydrogen) atoms. The maximum atomic E-state index is 12.9. The third-order valence-electron chi connectivity index (χ3n) is 5.44. The molecule has 1 aromatic heterocycles. The highest BCUT2D eigenvalue weighted by Crippen LogP contribution is 2.28. The minimum atomic E-state index is 0. The summed E-state index contributed by atoms with van der Waals surface area (Å²) in [6, 6.07) is 7.53. The van der Waals surface area contributed by atoms with Crippen molar-refractivity contribution in [1.82, 2.24) is 15.2 Å². The molecular weight excluding hydrogens is 417 g/mol. The van der Waals surface area contributed by atoms with Crippen molar-refractivity contribution in [3.8, 4) is 5.75 Å². The Morgan fingerprint density at radius 1 is 1.25 bits per heavy atom. The smallest absolute Gasteiger partial charge is 0.253 e. The van der Waals surface area contributed by atoms with Gasteiger partial charge < -0.3 is 15.0 Å². The van der Waals surface area contributed by atoms with Crippen LogP contribution in [0.5, 0.6) is 5.75 Å². The van der Waals surface area contributed by atoms with Crippen LogP contribution in [0.2, 0.25) is 0 Å². The van der Waals surface area contributed by atoms with Gasteiger partial charge in [0.15, 0.2) is 0 Å². The Bertz CT molecular complexity index is 772. The fourth-order valence-corrected chi connectivity index (χ4v) is 4.55. The first-order valence-electron chi connectivity index (χ1n) is 9.33. The van der Waals surface area contributed by atoms with Crippen LogP contribution >= 0.6 is 36.2 Å². The van der Waals surface area contributed by atoms with E-state index >= 15 is 0 Å². The van der Waals surface area contributed by atoms with Gasteiger partial charge in [0.2, 0.25) is 0 Å². The van der Waals surface area contributed by atoms with Gasteiger partial charge in [-0.25, -0.2) is 4.98 Å². The number of rotatable bonds is 4. The van der Waals surface area contributed by atoms with E-state index in [9.17, 15) is 4.79 Å². The Morgan fingerprint density at radius 3 is 2.61 bits per heavy atom. The van der Waals surface area contributed by atoms with Crippen molar-refractivity contribution < 1.29 is 9.53 Å². The second-order valence-electron chi connectivity index (χ2n) is 7.22. The number of thiazole rings is 1. The molecule has 8 heteroatoms. The lowest BCUT2D eigenvalue weighted by atomic mass is 9.92. The van der Waals surface area contributed by atoms with Crippen molar-refractivity contribution in [3.05, 3.63) is 45.9 Å². The van der Waals surface area contributed by atoms with Gasteiger partial charge in [-0.15, -0.1) is 36.2 Å². The monoisotopic (exact) mass is 443 g/mol. The van der Waals surface area contributed by atoms with Crippen LogP contribution in [0.4, 0.5) is 0 Å². The Hall–Kier alpha value is -1.34. The molecule has 0 radical (unpaired) electrons. The van der Waals surface area contributed by atoms with Crippen molar-refractivity contribution in [2.45, 2.75) is 26.4 Å². The molecule has 5 nitrogen and oxygen atoms in total. The fraction of sp³-hybridized carbons (Fsp3) is 0.500. The van der Waals surface area contributed by atoms with Crippen LogP contribution in [0, 0.1) is 18.8 Å². The number of hydrogen-bond acceptors (Lipinski definition) is 5. The number of likely N-dealkylation sites (tertiary alicyclic amines) is 1. The van der Waals surface area contributed by atoms with Crippen LogP contribution in [0.3, 0.4) is 0 Å². The van der Waals surface area contributed by atoms with E-state index in [0.717, 1.165) is 67.3 Å². The minimum Gasteiger partial charge on any atom is -0.487 e. The molecule has 154 valence electrons. The largest absolute Gasteiger partial charge is 0.487 e. The number of benzene rings is 1. The highest BCUT2D eigenvalue weighted by Gasteiger charge is 2.31. The predicted octanol–water partition coefficient (Wildman–Crippen LogP) is 3.95. The lowest BCUT2D eigenvalue weighted by molar-refractivity contribution is 0.0758. The molecule has 0 saturated carbocycles. The number of hydrogen-bond donors (Lipinski definition) is 1.